The molecule has 0 spiro atoms. The number of carbonyl (C=O) groups excluding carboxylic acids is 3. The van der Waals surface area contributed by atoms with Crippen LogP contribution in [0.5, 0.6) is 0 Å². The number of aromatic amines is 1. The standard InChI is InChI=1S/C22H18Cl2N4O5S.2Li/c1-8-13(23)14(24)17(25-8)19(29)26-16-11-6-28(7-12(11)16)22-27-15(18(34-22)21(32)33)9-2-4-10(5-3-9)20(30)31;;/h2-5,11-12,16,25H,6-7H2,1H3,(H,26,29)(H,30,31)(H,32,33);;/q;2*+1/p-2/t11-,12+,16-;;. The summed E-state index contributed by atoms with van der Waals surface area (Å²) in [6, 6.07) is 5.64. The molecule has 3 atom stereocenters. The molecule has 2 fully saturated rings. The molecule has 1 amide bonds. The molecule has 14 heteroatoms. The number of fused-ring (bicyclic) bond motifs is 1. The number of aryl methyl sites for hydroxylation is 1. The maximum absolute atomic E-state index is 12.6. The molecular weight excluding hydrogens is 517 g/mol. The average molecular weight is 533 g/mol. The summed E-state index contributed by atoms with van der Waals surface area (Å²) in [7, 11) is 0. The summed E-state index contributed by atoms with van der Waals surface area (Å²) in [5.74, 6) is -2.58. The number of carboxylic acid groups (broad SMARTS) is 2. The first-order valence-electron chi connectivity index (χ1n) is 10.3. The summed E-state index contributed by atoms with van der Waals surface area (Å²) in [6.45, 7) is 2.95. The first kappa shape index (κ1) is 28.7. The topological polar surface area (TPSA) is 141 Å². The number of hydrogen-bond donors (Lipinski definition) is 2. The minimum atomic E-state index is -1.35. The summed E-state index contributed by atoms with van der Waals surface area (Å²) < 4.78 is 0. The maximum Gasteiger partial charge on any atom is 1.00 e. The van der Waals surface area contributed by atoms with Gasteiger partial charge in [-0.2, -0.15) is 0 Å². The Kier molecular flexibility index (Phi) is 8.64. The van der Waals surface area contributed by atoms with Gasteiger partial charge in [0.25, 0.3) is 5.91 Å². The van der Waals surface area contributed by atoms with Crippen LogP contribution >= 0.6 is 34.5 Å². The van der Waals surface area contributed by atoms with Crippen molar-refractivity contribution in [3.8, 4) is 11.3 Å². The van der Waals surface area contributed by atoms with Gasteiger partial charge in [0.15, 0.2) is 5.13 Å². The molecule has 0 bridgehead atoms. The molecule has 3 aromatic rings. The molecule has 1 saturated heterocycles. The van der Waals surface area contributed by atoms with E-state index in [1.54, 1.807) is 6.92 Å². The monoisotopic (exact) mass is 532 g/mol. The Hall–Kier alpha value is -1.89. The smallest absolute Gasteiger partial charge is 0.545 e. The van der Waals surface area contributed by atoms with Crippen molar-refractivity contribution < 1.29 is 62.3 Å². The van der Waals surface area contributed by atoms with Crippen LogP contribution in [0.4, 0.5) is 5.13 Å². The van der Waals surface area contributed by atoms with E-state index in [1.165, 1.54) is 24.3 Å². The van der Waals surface area contributed by atoms with Crippen molar-refractivity contribution in [1.29, 1.82) is 0 Å². The van der Waals surface area contributed by atoms with Crippen molar-refractivity contribution in [3.05, 3.63) is 56.1 Å². The molecule has 1 aliphatic heterocycles. The van der Waals surface area contributed by atoms with E-state index in [0.29, 0.717) is 34.5 Å². The van der Waals surface area contributed by atoms with E-state index in [9.17, 15) is 24.6 Å². The number of benzene rings is 1. The number of halogens is 2. The second-order valence-electron chi connectivity index (χ2n) is 8.31. The molecular formula is C22H16Cl2Li2N4O5S. The molecule has 2 aromatic heterocycles. The van der Waals surface area contributed by atoms with Crippen LogP contribution in [0, 0.1) is 18.8 Å². The van der Waals surface area contributed by atoms with Crippen LogP contribution < -0.4 is 58.2 Å². The van der Waals surface area contributed by atoms with Crippen molar-refractivity contribution in [2.24, 2.45) is 11.8 Å². The normalized spacial score (nSPS) is 19.6. The number of nitrogens with zero attached hydrogens (tertiary/aromatic N) is 2. The van der Waals surface area contributed by atoms with Crippen LogP contribution in [0.3, 0.4) is 0 Å². The molecule has 2 N–H and O–H groups in total. The third kappa shape index (κ3) is 5.10. The molecule has 5 rings (SSSR count). The number of rotatable bonds is 6. The number of hydrogen-bond acceptors (Lipinski definition) is 8. The quantitative estimate of drug-likeness (QED) is 0.304. The summed E-state index contributed by atoms with van der Waals surface area (Å²) in [5, 5.41) is 26.7. The van der Waals surface area contributed by atoms with Gasteiger partial charge in [-0.3, -0.25) is 4.79 Å². The van der Waals surface area contributed by atoms with Gasteiger partial charge in [0, 0.05) is 42.2 Å². The summed E-state index contributed by atoms with van der Waals surface area (Å²) in [6.07, 6.45) is 0. The molecule has 3 heterocycles. The van der Waals surface area contributed by atoms with E-state index in [0.717, 1.165) is 11.3 Å². The Balaban J connectivity index is 0.00000180. The average Bonchev–Trinajstić information content (AvgIpc) is 3.19. The molecule has 36 heavy (non-hydrogen) atoms. The van der Waals surface area contributed by atoms with Crippen molar-refractivity contribution in [1.82, 2.24) is 15.3 Å². The fourth-order valence-electron chi connectivity index (χ4n) is 4.39. The van der Waals surface area contributed by atoms with Crippen molar-refractivity contribution in [3.63, 3.8) is 0 Å². The van der Waals surface area contributed by atoms with Crippen molar-refractivity contribution in [2.45, 2.75) is 13.0 Å². The number of amides is 1. The molecule has 2 aliphatic rings. The Morgan fingerprint density at radius 1 is 1.06 bits per heavy atom. The minimum Gasteiger partial charge on any atom is -0.545 e. The Labute approximate surface area is 243 Å². The summed E-state index contributed by atoms with van der Waals surface area (Å²) >= 11 is 13.2. The van der Waals surface area contributed by atoms with Crippen LogP contribution in [-0.2, 0) is 0 Å². The van der Waals surface area contributed by atoms with Gasteiger partial charge in [-0.05, 0) is 12.5 Å². The maximum atomic E-state index is 12.6. The zero-order chi connectivity index (χ0) is 24.3. The van der Waals surface area contributed by atoms with E-state index in [1.807, 2.05) is 4.90 Å². The summed E-state index contributed by atoms with van der Waals surface area (Å²) in [4.78, 5) is 44.6. The predicted molar refractivity (Wildman–Crippen MR) is 122 cm³/mol. The van der Waals surface area contributed by atoms with Gasteiger partial charge < -0.3 is 35.0 Å². The Bertz CT molecular complexity index is 1330. The minimum absolute atomic E-state index is 0. The first-order valence-corrected chi connectivity index (χ1v) is 11.9. The Morgan fingerprint density at radius 3 is 2.17 bits per heavy atom. The van der Waals surface area contributed by atoms with Gasteiger partial charge in [-0.15, -0.1) is 0 Å². The van der Waals surface area contributed by atoms with E-state index < -0.39 is 11.9 Å². The second kappa shape index (κ2) is 10.8. The van der Waals surface area contributed by atoms with Gasteiger partial charge in [0.1, 0.15) is 5.69 Å². The zero-order valence-electron chi connectivity index (χ0n) is 19.6. The van der Waals surface area contributed by atoms with Gasteiger partial charge in [0.05, 0.1) is 32.6 Å². The van der Waals surface area contributed by atoms with Gasteiger partial charge >= 0.3 is 37.7 Å². The zero-order valence-corrected chi connectivity index (χ0v) is 21.9. The number of thiazole rings is 1. The van der Waals surface area contributed by atoms with Crippen LogP contribution in [0.25, 0.3) is 11.3 Å². The molecule has 0 radical (unpaired) electrons. The molecule has 0 unspecified atom stereocenters. The number of aromatic carboxylic acids is 2. The van der Waals surface area contributed by atoms with Crippen LogP contribution in [-0.4, -0.2) is 46.9 Å². The largest absolute Gasteiger partial charge is 1.00 e. The number of piperidine rings is 1. The molecule has 1 saturated carbocycles. The molecule has 9 nitrogen and oxygen atoms in total. The number of anilines is 1. The van der Waals surface area contributed by atoms with E-state index >= 15 is 0 Å². The fraction of sp³-hybridized carbons (Fsp3) is 0.273. The molecule has 176 valence electrons. The van der Waals surface area contributed by atoms with E-state index in [4.69, 9.17) is 23.2 Å². The Morgan fingerprint density at radius 2 is 1.67 bits per heavy atom. The number of nitrogens with one attached hydrogen (secondary N) is 2. The molecule has 1 aliphatic carbocycles. The number of H-pyrrole nitrogens is 1. The fourth-order valence-corrected chi connectivity index (χ4v) is 5.75. The van der Waals surface area contributed by atoms with Crippen molar-refractivity contribution >= 4 is 57.5 Å². The number of carboxylic acids is 2. The second-order valence-corrected chi connectivity index (χ2v) is 10.0. The third-order valence-corrected chi connectivity index (χ3v) is 8.28. The number of carbonyl (C=O) groups is 3. The van der Waals surface area contributed by atoms with E-state index in [2.05, 4.69) is 15.3 Å². The summed E-state index contributed by atoms with van der Waals surface area (Å²) in [5.41, 5.74) is 1.54. The van der Waals surface area contributed by atoms with Gasteiger partial charge in [-0.1, -0.05) is 58.8 Å². The number of aromatic nitrogens is 2. The van der Waals surface area contributed by atoms with Crippen LogP contribution in [0.15, 0.2) is 24.3 Å². The van der Waals surface area contributed by atoms with Crippen LogP contribution in [0.1, 0.15) is 36.2 Å². The SMILES string of the molecule is Cc1[nH]c(C(=O)N[C@@H]2[C@@H]3CN(c4nc(-c5ccc(C(=O)[O-])cc5)c(C(=O)[O-])s4)C[C@@H]32)c(Cl)c1Cl.[Li+].[Li+]. The third-order valence-electron chi connectivity index (χ3n) is 6.24. The van der Waals surface area contributed by atoms with Crippen molar-refractivity contribution in [2.75, 3.05) is 18.0 Å². The predicted octanol–water partition coefficient (Wildman–Crippen LogP) is -4.65. The van der Waals surface area contributed by atoms with E-state index in [-0.39, 0.29) is 88.4 Å². The first-order chi connectivity index (χ1) is 16.2. The molecule has 1 aromatic carbocycles. The van der Waals surface area contributed by atoms with Gasteiger partial charge in [-0.25, -0.2) is 4.98 Å². The van der Waals surface area contributed by atoms with Gasteiger partial charge in [0.2, 0.25) is 0 Å². The van der Waals surface area contributed by atoms with Crippen LogP contribution in [0.2, 0.25) is 10.0 Å².